The Bertz CT molecular complexity index is 2940. The van der Waals surface area contributed by atoms with Gasteiger partial charge >= 0.3 is 38.7 Å². The third-order valence-electron chi connectivity index (χ3n) is 10.0. The first-order valence-electron chi connectivity index (χ1n) is 20.4. The number of nitriles is 2. The Kier molecular flexibility index (Phi) is 21.9. The number of rotatable bonds is 17. The second-order valence-electron chi connectivity index (χ2n) is 15.1. The highest BCUT2D eigenvalue weighted by Crippen LogP contribution is 2.53. The first kappa shape index (κ1) is 61.8. The van der Waals surface area contributed by atoms with E-state index in [1.165, 1.54) is 12.3 Å². The summed E-state index contributed by atoms with van der Waals surface area (Å²) in [6, 6.07) is 6.80. The lowest BCUT2D eigenvalue weighted by molar-refractivity contribution is -0.150. The molecule has 0 aromatic carbocycles. The minimum Gasteiger partial charge on any atom is -0.456 e. The predicted octanol–water partition coefficient (Wildman–Crippen LogP) is 0.839. The highest BCUT2D eigenvalue weighted by Gasteiger charge is 2.59. The zero-order valence-electron chi connectivity index (χ0n) is 37.2. The Morgan fingerprint density at radius 2 is 1.08 bits per heavy atom. The van der Waals surface area contributed by atoms with Crippen LogP contribution in [0.5, 0.6) is 0 Å². The van der Waals surface area contributed by atoms with Crippen molar-refractivity contribution >= 4 is 91.2 Å². The van der Waals surface area contributed by atoms with Gasteiger partial charge in [0.1, 0.15) is 18.3 Å². The molecule has 3 fully saturated rings. The van der Waals surface area contributed by atoms with Gasteiger partial charge in [-0.3, -0.25) is 65.9 Å². The summed E-state index contributed by atoms with van der Waals surface area (Å²) < 4.78 is 62.1. The van der Waals surface area contributed by atoms with Crippen LogP contribution in [0.25, 0.3) is 0 Å². The average Bonchev–Trinajstić information content (AvgIpc) is 3.78. The van der Waals surface area contributed by atoms with Crippen molar-refractivity contribution in [3.05, 3.63) is 99.3 Å². The van der Waals surface area contributed by atoms with Crippen LogP contribution in [0, 0.1) is 28.6 Å². The zero-order chi connectivity index (χ0) is 54.9. The van der Waals surface area contributed by atoms with Crippen LogP contribution >= 0.6 is 85.3 Å². The average molecular weight is 1200 g/mol. The van der Waals surface area contributed by atoms with Crippen LogP contribution in [0.2, 0.25) is 0 Å². The topological polar surface area (TPSA) is 418 Å². The number of phosphoric acid groups is 2. The van der Waals surface area contributed by atoms with Crippen LogP contribution in [0.15, 0.2) is 65.6 Å². The summed E-state index contributed by atoms with van der Waals surface area (Å²) in [7, 11) is -9.05. The van der Waals surface area contributed by atoms with Crippen LogP contribution < -0.4 is 33.7 Å². The van der Waals surface area contributed by atoms with Crippen molar-refractivity contribution in [2.24, 2.45) is 5.92 Å². The number of esters is 1. The standard InChI is InChI=1S/C17H19Cl2N4O9P.C10H12Cl2N2O4.C9H11Cl2N2O8P/c1-11(24)31-14-12(10-30-33(27,28-8-2-5-20)29-9-3-6-21)32-15(17(14,18)19)23-7-4-13(25)22-16(23)26;1-5-6(4-15)18-8(10(5,11)12)14-3-2-7(16)13-9(14)17;10-9(11)6(15)4(3-20-22(17,18)19)21-7(9)13-2-1-5(14)12-8(13)16/h4,7,12,14-15H,2-3,8-10H2,1H3,(H,22,25,26);2-3,5-6,8,15H,4H2,1H3,(H,13,16,17);1-2,4,6-7,15H,3H2,(H,12,14,16)(H2,17,18,19)/t12-,14-,15-;5-,6-,8-;4-,6-,7-/m111/s1. The maximum atomic E-state index is 12.8. The number of aromatic nitrogens is 6. The zero-order valence-corrected chi connectivity index (χ0v) is 43.6. The summed E-state index contributed by atoms with van der Waals surface area (Å²) in [5.41, 5.74) is -4.29. The predicted molar refractivity (Wildman–Crippen MR) is 251 cm³/mol. The van der Waals surface area contributed by atoms with E-state index in [4.69, 9.17) is 128 Å². The Balaban J connectivity index is 0.000000250. The molecule has 3 aromatic rings. The third kappa shape index (κ3) is 15.9. The number of aliphatic hydroxyl groups is 2. The van der Waals surface area contributed by atoms with Gasteiger partial charge in [-0.05, 0) is 0 Å². The summed E-state index contributed by atoms with van der Waals surface area (Å²) in [6.07, 6.45) is -6.78. The number of hydrogen-bond donors (Lipinski definition) is 7. The maximum Gasteiger partial charge on any atom is 0.474 e. The molecule has 29 nitrogen and oxygen atoms in total. The van der Waals surface area contributed by atoms with Crippen molar-refractivity contribution in [3.63, 3.8) is 0 Å². The number of alkyl halides is 6. The van der Waals surface area contributed by atoms with Crippen molar-refractivity contribution in [3.8, 4) is 12.1 Å². The van der Waals surface area contributed by atoms with Crippen molar-refractivity contribution < 1.29 is 71.0 Å². The van der Waals surface area contributed by atoms with Crippen LogP contribution in [-0.4, -0.2) is 131 Å². The minimum absolute atomic E-state index is 0.116. The molecule has 0 spiro atoms. The molecule has 404 valence electrons. The number of carbonyl (C=O) groups excluding carboxylic acids is 1. The van der Waals surface area contributed by atoms with Crippen LogP contribution in [-0.2, 0) is 51.0 Å². The molecule has 3 aliphatic rings. The Hall–Kier alpha value is -3.75. The number of ether oxygens (including phenoxy) is 4. The SMILES string of the molecule is CC(=O)O[C@@H]1[C@@H](COP(=O)(OCCC#N)OCCC#N)O[C@@H](n2ccc(=O)[nH]c2=O)C1(Cl)Cl.C[C@@H]1[C@@H](CO)O[C@@H](n2ccc(=O)[nH]c2=O)C1(Cl)Cl.O=c1ccn([C@@H]2O[C@H](COP(=O)(O)O)[C@@H](O)C2(Cl)Cl)c(=O)[nH]1. The molecule has 9 atom stereocenters. The van der Waals surface area contributed by atoms with E-state index in [2.05, 4.69) is 9.51 Å². The molecule has 0 amide bonds. The monoisotopic (exact) mass is 1190 g/mol. The largest absolute Gasteiger partial charge is 0.474 e. The molecule has 0 unspecified atom stereocenters. The molecule has 3 aliphatic heterocycles. The molecule has 6 heterocycles. The number of phosphoric ester groups is 2. The van der Waals surface area contributed by atoms with E-state index in [1.807, 2.05) is 9.97 Å². The molecule has 0 saturated carbocycles. The van der Waals surface area contributed by atoms with E-state index in [-0.39, 0.29) is 38.6 Å². The minimum atomic E-state index is -4.79. The number of hydrogen-bond acceptors (Lipinski definition) is 21. The second-order valence-corrected chi connectivity index (χ2v) is 22.4. The lowest BCUT2D eigenvalue weighted by Gasteiger charge is -2.27. The normalized spacial score (nSPS) is 25.8. The summed E-state index contributed by atoms with van der Waals surface area (Å²) in [5.74, 6) is -1.15. The van der Waals surface area contributed by atoms with E-state index in [1.54, 1.807) is 19.1 Å². The van der Waals surface area contributed by atoms with E-state index in [9.17, 15) is 47.8 Å². The maximum absolute atomic E-state index is 12.8. The fraction of sp³-hybridized carbons (Fsp3) is 0.583. The number of halogens is 6. The highest BCUT2D eigenvalue weighted by atomic mass is 35.5. The van der Waals surface area contributed by atoms with Crippen molar-refractivity contribution in [2.75, 3.05) is 33.0 Å². The van der Waals surface area contributed by atoms with Crippen LogP contribution in [0.1, 0.15) is 45.4 Å². The lowest BCUT2D eigenvalue weighted by Crippen LogP contribution is -2.43. The molecular weight excluding hydrogens is 1160 g/mol. The van der Waals surface area contributed by atoms with Gasteiger partial charge in [0.25, 0.3) is 16.7 Å². The molecule has 0 bridgehead atoms. The lowest BCUT2D eigenvalue weighted by atomic mass is 10.0. The van der Waals surface area contributed by atoms with E-state index in [0.717, 1.165) is 45.2 Å². The number of aliphatic hydroxyl groups excluding tert-OH is 2. The van der Waals surface area contributed by atoms with Gasteiger partial charge in [-0.25, -0.2) is 23.5 Å². The summed E-state index contributed by atoms with van der Waals surface area (Å²) >= 11 is 37.1. The quantitative estimate of drug-likeness (QED) is 0.0426. The number of H-pyrrole nitrogens is 3. The molecule has 6 rings (SSSR count). The summed E-state index contributed by atoms with van der Waals surface area (Å²) in [6.45, 7) is 0.676. The van der Waals surface area contributed by atoms with Crippen molar-refractivity contribution in [1.82, 2.24) is 28.7 Å². The van der Waals surface area contributed by atoms with E-state index < -0.39 is 131 Å². The van der Waals surface area contributed by atoms with Gasteiger partial charge in [0.05, 0.1) is 64.1 Å². The number of nitrogens with one attached hydrogen (secondary N) is 3. The summed E-state index contributed by atoms with van der Waals surface area (Å²) in [5, 5.41) is 36.4. The van der Waals surface area contributed by atoms with Gasteiger partial charge in [-0.2, -0.15) is 10.5 Å². The molecule has 73 heavy (non-hydrogen) atoms. The fourth-order valence-corrected chi connectivity index (χ4v) is 9.92. The highest BCUT2D eigenvalue weighted by molar-refractivity contribution is 7.48. The van der Waals surface area contributed by atoms with E-state index >= 15 is 0 Å². The van der Waals surface area contributed by atoms with Gasteiger partial charge in [0.2, 0.25) is 4.33 Å². The first-order chi connectivity index (χ1) is 33.9. The number of aromatic amines is 3. The molecule has 3 aromatic heterocycles. The second kappa shape index (κ2) is 25.9. The van der Waals surface area contributed by atoms with Crippen LogP contribution in [0.3, 0.4) is 0 Å². The molecular formula is C36H42Cl6N8O21P2. The Labute approximate surface area is 438 Å². The van der Waals surface area contributed by atoms with Crippen molar-refractivity contribution in [1.29, 1.82) is 10.5 Å². The third-order valence-corrected chi connectivity index (χ3v) is 14.7. The van der Waals surface area contributed by atoms with Gasteiger partial charge in [-0.1, -0.05) is 76.5 Å². The number of carbonyl (C=O) groups is 1. The van der Waals surface area contributed by atoms with Gasteiger partial charge in [0, 0.05) is 49.6 Å². The molecule has 7 N–H and O–H groups in total. The van der Waals surface area contributed by atoms with Gasteiger partial charge in [-0.15, -0.1) is 0 Å². The molecule has 0 radical (unpaired) electrons. The Morgan fingerprint density at radius 1 is 0.685 bits per heavy atom. The Morgan fingerprint density at radius 3 is 1.47 bits per heavy atom. The first-order valence-corrected chi connectivity index (χ1v) is 25.7. The van der Waals surface area contributed by atoms with Crippen LogP contribution in [0.4, 0.5) is 0 Å². The smallest absolute Gasteiger partial charge is 0.456 e. The molecule has 3 saturated heterocycles. The molecule has 0 aliphatic carbocycles. The summed E-state index contributed by atoms with van der Waals surface area (Å²) in [4.78, 5) is 104. The molecule has 37 heteroatoms. The van der Waals surface area contributed by atoms with Gasteiger partial charge < -0.3 is 38.9 Å². The van der Waals surface area contributed by atoms with Crippen molar-refractivity contribution in [2.45, 2.75) is 88.9 Å². The van der Waals surface area contributed by atoms with E-state index in [0.29, 0.717) is 0 Å². The number of nitrogens with zero attached hydrogens (tertiary/aromatic N) is 5. The fourth-order valence-electron chi connectivity index (χ4n) is 6.52. The van der Waals surface area contributed by atoms with Gasteiger partial charge in [0.15, 0.2) is 33.5 Å².